The van der Waals surface area contributed by atoms with E-state index in [1.54, 1.807) is 25.0 Å². The van der Waals surface area contributed by atoms with Gasteiger partial charge >= 0.3 is 5.69 Å². The lowest BCUT2D eigenvalue weighted by atomic mass is 9.92. The molecule has 180 valence electrons. The Morgan fingerprint density at radius 1 is 1.09 bits per heavy atom. The van der Waals surface area contributed by atoms with Crippen LogP contribution >= 0.6 is 0 Å². The molecule has 0 amide bonds. The number of aromatic nitrogens is 2. The molecule has 0 aliphatic carbocycles. The van der Waals surface area contributed by atoms with Crippen molar-refractivity contribution in [2.75, 3.05) is 26.1 Å². The van der Waals surface area contributed by atoms with Crippen LogP contribution in [0, 0.1) is 6.92 Å². The maximum Gasteiger partial charge on any atom is 0.349 e. The standard InChI is InChI=1S/C28H29N3O4/c1-18-6-8-19(9-7-18)21(24-5-4-14-35-24)10-12-29-27-17-23-22-16-26(34-3)25(33-2)15-20(22)11-13-31(23)28(32)30-27/h4-9,14-17,21H,10-13H2,1-3H3,(H,29,30,32). The third-order valence-electron chi connectivity index (χ3n) is 6.61. The molecule has 1 unspecified atom stereocenters. The van der Waals surface area contributed by atoms with Crippen LogP contribution in [0.15, 0.2) is 70.1 Å². The molecule has 2 aromatic carbocycles. The average Bonchev–Trinajstić information content (AvgIpc) is 3.41. The van der Waals surface area contributed by atoms with Crippen molar-refractivity contribution in [3.63, 3.8) is 0 Å². The van der Waals surface area contributed by atoms with E-state index >= 15 is 0 Å². The summed E-state index contributed by atoms with van der Waals surface area (Å²) in [5, 5.41) is 3.37. The highest BCUT2D eigenvalue weighted by atomic mass is 16.5. The van der Waals surface area contributed by atoms with Crippen molar-refractivity contribution in [3.8, 4) is 22.8 Å². The Hall–Kier alpha value is -4.00. The lowest BCUT2D eigenvalue weighted by Gasteiger charge is -2.23. The molecule has 0 saturated heterocycles. The SMILES string of the molecule is COc1cc2c(cc1OC)-c1cc(NCCC(c3ccc(C)cc3)c3ccco3)nc(=O)n1CC2. The molecule has 1 N–H and O–H groups in total. The van der Waals surface area contributed by atoms with E-state index in [4.69, 9.17) is 13.9 Å². The number of benzene rings is 2. The summed E-state index contributed by atoms with van der Waals surface area (Å²) in [6.07, 6.45) is 3.23. The van der Waals surface area contributed by atoms with Gasteiger partial charge in [0, 0.05) is 30.6 Å². The minimum atomic E-state index is -0.258. The van der Waals surface area contributed by atoms with Gasteiger partial charge in [-0.1, -0.05) is 29.8 Å². The fourth-order valence-electron chi connectivity index (χ4n) is 4.74. The van der Waals surface area contributed by atoms with Crippen LogP contribution in [0.3, 0.4) is 0 Å². The first-order chi connectivity index (χ1) is 17.1. The molecule has 1 atom stereocenters. The highest BCUT2D eigenvalue weighted by Crippen LogP contribution is 2.38. The molecule has 5 rings (SSSR count). The first-order valence-corrected chi connectivity index (χ1v) is 11.8. The monoisotopic (exact) mass is 471 g/mol. The van der Waals surface area contributed by atoms with Crippen molar-refractivity contribution >= 4 is 5.82 Å². The maximum absolute atomic E-state index is 12.9. The van der Waals surface area contributed by atoms with E-state index in [1.807, 2.05) is 30.3 Å². The topological polar surface area (TPSA) is 78.5 Å². The minimum absolute atomic E-state index is 0.106. The summed E-state index contributed by atoms with van der Waals surface area (Å²) < 4.78 is 18.4. The van der Waals surface area contributed by atoms with Crippen LogP contribution in [0.5, 0.6) is 11.5 Å². The van der Waals surface area contributed by atoms with Crippen LogP contribution in [-0.4, -0.2) is 30.3 Å². The Labute approximate surface area is 204 Å². The van der Waals surface area contributed by atoms with Gasteiger partial charge < -0.3 is 19.2 Å². The minimum Gasteiger partial charge on any atom is -0.493 e. The van der Waals surface area contributed by atoms with Crippen molar-refractivity contribution < 1.29 is 13.9 Å². The maximum atomic E-state index is 12.9. The van der Waals surface area contributed by atoms with Crippen molar-refractivity contribution in [1.29, 1.82) is 0 Å². The number of ether oxygens (including phenoxy) is 2. The summed E-state index contributed by atoms with van der Waals surface area (Å²) in [5.74, 6) is 2.91. The van der Waals surface area contributed by atoms with Gasteiger partial charge in [-0.05, 0) is 55.2 Å². The molecule has 0 saturated carbocycles. The molecule has 3 heterocycles. The lowest BCUT2D eigenvalue weighted by molar-refractivity contribution is 0.354. The Morgan fingerprint density at radius 2 is 1.86 bits per heavy atom. The number of rotatable bonds is 8. The number of hydrogen-bond acceptors (Lipinski definition) is 6. The van der Waals surface area contributed by atoms with Crippen molar-refractivity contribution in [1.82, 2.24) is 9.55 Å². The molecule has 1 aliphatic rings. The molecule has 0 fully saturated rings. The molecule has 7 nitrogen and oxygen atoms in total. The second-order valence-electron chi connectivity index (χ2n) is 8.77. The molecule has 0 radical (unpaired) electrons. The molecule has 35 heavy (non-hydrogen) atoms. The molecule has 0 spiro atoms. The van der Waals surface area contributed by atoms with E-state index in [0.29, 0.717) is 30.4 Å². The summed E-state index contributed by atoms with van der Waals surface area (Å²) in [6, 6.07) is 18.3. The number of nitrogens with one attached hydrogen (secondary N) is 1. The fourth-order valence-corrected chi connectivity index (χ4v) is 4.74. The van der Waals surface area contributed by atoms with E-state index in [9.17, 15) is 4.79 Å². The lowest BCUT2D eigenvalue weighted by Crippen LogP contribution is -2.29. The van der Waals surface area contributed by atoms with Gasteiger partial charge in [0.05, 0.1) is 26.2 Å². The van der Waals surface area contributed by atoms with Gasteiger partial charge in [-0.25, -0.2) is 4.79 Å². The van der Waals surface area contributed by atoms with Crippen LogP contribution in [0.1, 0.15) is 34.8 Å². The number of hydrogen-bond donors (Lipinski definition) is 1. The first kappa shape index (κ1) is 22.8. The van der Waals surface area contributed by atoms with E-state index in [2.05, 4.69) is 41.5 Å². The van der Waals surface area contributed by atoms with Crippen LogP contribution < -0.4 is 20.5 Å². The van der Waals surface area contributed by atoms with Gasteiger partial charge in [0.2, 0.25) is 0 Å². The predicted molar refractivity (Wildman–Crippen MR) is 136 cm³/mol. The zero-order chi connectivity index (χ0) is 24.4. The molecule has 2 aromatic heterocycles. The quantitative estimate of drug-likeness (QED) is 0.389. The number of fused-ring (bicyclic) bond motifs is 3. The van der Waals surface area contributed by atoms with Crippen molar-refractivity contribution in [2.45, 2.75) is 32.2 Å². The van der Waals surface area contributed by atoms with Crippen LogP contribution in [-0.2, 0) is 13.0 Å². The normalized spacial score (nSPS) is 13.0. The number of methoxy groups -OCH3 is 2. The number of anilines is 1. The Bertz CT molecular complexity index is 1370. The van der Waals surface area contributed by atoms with Crippen LogP contribution in [0.2, 0.25) is 0 Å². The molecule has 0 bridgehead atoms. The molecular formula is C28H29N3O4. The number of aryl methyl sites for hydroxylation is 2. The van der Waals surface area contributed by atoms with E-state index < -0.39 is 0 Å². The Balaban J connectivity index is 1.40. The van der Waals surface area contributed by atoms with Gasteiger partial charge in [-0.2, -0.15) is 4.98 Å². The van der Waals surface area contributed by atoms with Crippen molar-refractivity contribution in [2.24, 2.45) is 0 Å². The largest absolute Gasteiger partial charge is 0.493 e. The van der Waals surface area contributed by atoms with Crippen LogP contribution in [0.4, 0.5) is 5.82 Å². The summed E-state index contributed by atoms with van der Waals surface area (Å²) in [5.41, 5.74) is 5.07. The Kier molecular flexibility index (Phi) is 6.31. The molecule has 1 aliphatic heterocycles. The van der Waals surface area contributed by atoms with Gasteiger partial charge in [0.15, 0.2) is 11.5 Å². The zero-order valence-corrected chi connectivity index (χ0v) is 20.2. The first-order valence-electron chi connectivity index (χ1n) is 11.8. The van der Waals surface area contributed by atoms with Gasteiger partial charge in [-0.15, -0.1) is 0 Å². The summed E-state index contributed by atoms with van der Waals surface area (Å²) in [7, 11) is 3.24. The van der Waals surface area contributed by atoms with Gasteiger partial charge in [-0.3, -0.25) is 4.57 Å². The second kappa shape index (κ2) is 9.70. The number of nitrogens with zero attached hydrogens (tertiary/aromatic N) is 2. The molecule has 4 aromatic rings. The fraction of sp³-hybridized carbons (Fsp3) is 0.286. The van der Waals surface area contributed by atoms with Crippen LogP contribution in [0.25, 0.3) is 11.3 Å². The number of furan rings is 1. The molecular weight excluding hydrogens is 442 g/mol. The third-order valence-corrected chi connectivity index (χ3v) is 6.61. The molecule has 7 heteroatoms. The van der Waals surface area contributed by atoms with Gasteiger partial charge in [0.1, 0.15) is 11.6 Å². The van der Waals surface area contributed by atoms with E-state index in [-0.39, 0.29) is 11.6 Å². The van der Waals surface area contributed by atoms with Crippen molar-refractivity contribution in [3.05, 3.63) is 93.8 Å². The summed E-state index contributed by atoms with van der Waals surface area (Å²) >= 11 is 0. The summed E-state index contributed by atoms with van der Waals surface area (Å²) in [6.45, 7) is 3.29. The third kappa shape index (κ3) is 4.54. The highest BCUT2D eigenvalue weighted by molar-refractivity contribution is 5.71. The summed E-state index contributed by atoms with van der Waals surface area (Å²) in [4.78, 5) is 17.1. The highest BCUT2D eigenvalue weighted by Gasteiger charge is 2.22. The zero-order valence-electron chi connectivity index (χ0n) is 20.2. The van der Waals surface area contributed by atoms with E-state index in [0.717, 1.165) is 35.4 Å². The van der Waals surface area contributed by atoms with Gasteiger partial charge in [0.25, 0.3) is 0 Å². The second-order valence-corrected chi connectivity index (χ2v) is 8.77. The van der Waals surface area contributed by atoms with E-state index in [1.165, 1.54) is 11.1 Å². The Morgan fingerprint density at radius 3 is 2.57 bits per heavy atom. The average molecular weight is 472 g/mol. The predicted octanol–water partition coefficient (Wildman–Crippen LogP) is 5.02. The smallest absolute Gasteiger partial charge is 0.349 e.